The highest BCUT2D eigenvalue weighted by Crippen LogP contribution is 2.15. The highest BCUT2D eigenvalue weighted by atomic mass is 32.2. The van der Waals surface area contributed by atoms with Crippen LogP contribution in [0.25, 0.3) is 0 Å². The molecule has 0 spiro atoms. The molecule has 1 aromatic rings. The van der Waals surface area contributed by atoms with Gasteiger partial charge in [-0.3, -0.25) is 4.18 Å². The van der Waals surface area contributed by atoms with Gasteiger partial charge in [0.2, 0.25) is 0 Å². The van der Waals surface area contributed by atoms with Crippen LogP contribution in [0.15, 0.2) is 29.2 Å². The largest absolute Gasteiger partial charge is 0.370 e. The lowest BCUT2D eigenvalue weighted by atomic mass is 10.2. The Hall–Kier alpha value is -1.28. The minimum atomic E-state index is -3.80. The minimum absolute atomic E-state index is 0.102. The van der Waals surface area contributed by atoms with Crippen LogP contribution in [0.5, 0.6) is 0 Å². The monoisotopic (exact) mass is 300 g/mol. The molecule has 6 nitrogen and oxygen atoms in total. The van der Waals surface area contributed by atoms with Crippen molar-refractivity contribution in [1.82, 2.24) is 0 Å². The third-order valence-corrected chi connectivity index (χ3v) is 4.16. The molecule has 2 atom stereocenters. The van der Waals surface area contributed by atoms with Gasteiger partial charge in [-0.05, 0) is 19.1 Å². The van der Waals surface area contributed by atoms with Gasteiger partial charge in [0.25, 0.3) is 10.1 Å². The molecule has 1 heterocycles. The first-order chi connectivity index (χ1) is 9.51. The second-order valence-electron chi connectivity index (χ2n) is 4.51. The Kier molecular flexibility index (Phi) is 4.87. The summed E-state index contributed by atoms with van der Waals surface area (Å²) in [4.78, 5) is 10.6. The normalized spacial score (nSPS) is 23.4. The maximum Gasteiger partial charge on any atom is 0.297 e. The molecule has 1 fully saturated rings. The van der Waals surface area contributed by atoms with E-state index in [1.54, 1.807) is 12.1 Å². The summed E-state index contributed by atoms with van der Waals surface area (Å²) >= 11 is 0. The van der Waals surface area contributed by atoms with E-state index in [0.717, 1.165) is 5.56 Å². The van der Waals surface area contributed by atoms with Crippen molar-refractivity contribution in [2.75, 3.05) is 19.8 Å². The maximum atomic E-state index is 11.9. The number of benzene rings is 1. The Morgan fingerprint density at radius 3 is 2.50 bits per heavy atom. The fraction of sp³-hybridized carbons (Fsp3) is 0.462. The zero-order valence-corrected chi connectivity index (χ0v) is 11.8. The highest BCUT2D eigenvalue weighted by molar-refractivity contribution is 7.86. The van der Waals surface area contributed by atoms with Gasteiger partial charge in [0, 0.05) is 0 Å². The standard InChI is InChI=1S/C13H16O6S/c1-10-2-4-13(5-3-10)20(15,16)19-9-12-8-17-11(6-14)7-18-12/h2-6,11-12H,7-9H2,1H3/t11-,12-/m0/s1. The van der Waals surface area contributed by atoms with Crippen LogP contribution in [0.2, 0.25) is 0 Å². The van der Waals surface area contributed by atoms with Crippen molar-refractivity contribution in [3.8, 4) is 0 Å². The van der Waals surface area contributed by atoms with Crippen molar-refractivity contribution >= 4 is 16.4 Å². The molecule has 7 heteroatoms. The van der Waals surface area contributed by atoms with Crippen LogP contribution in [-0.4, -0.2) is 46.7 Å². The molecular weight excluding hydrogens is 284 g/mol. The predicted octanol–water partition coefficient (Wildman–Crippen LogP) is 0.683. The number of ether oxygens (including phenoxy) is 2. The summed E-state index contributed by atoms with van der Waals surface area (Å²) in [6, 6.07) is 6.38. The van der Waals surface area contributed by atoms with Crippen molar-refractivity contribution in [2.45, 2.75) is 24.0 Å². The summed E-state index contributed by atoms with van der Waals surface area (Å²) < 4.78 is 39.3. The first-order valence-corrected chi connectivity index (χ1v) is 7.56. The van der Waals surface area contributed by atoms with E-state index < -0.39 is 22.3 Å². The second-order valence-corrected chi connectivity index (χ2v) is 6.13. The molecule has 0 aliphatic carbocycles. The lowest BCUT2D eigenvalue weighted by Gasteiger charge is -2.26. The first-order valence-electron chi connectivity index (χ1n) is 6.16. The van der Waals surface area contributed by atoms with E-state index in [-0.39, 0.29) is 24.7 Å². The smallest absolute Gasteiger partial charge is 0.297 e. The lowest BCUT2D eigenvalue weighted by Crippen LogP contribution is -2.39. The van der Waals surface area contributed by atoms with Crippen molar-refractivity contribution in [1.29, 1.82) is 0 Å². The van der Waals surface area contributed by atoms with E-state index in [2.05, 4.69) is 0 Å². The summed E-state index contributed by atoms with van der Waals surface area (Å²) in [7, 11) is -3.80. The van der Waals surface area contributed by atoms with Gasteiger partial charge >= 0.3 is 0 Å². The van der Waals surface area contributed by atoms with Crippen molar-refractivity contribution in [3.63, 3.8) is 0 Å². The van der Waals surface area contributed by atoms with Crippen LogP contribution < -0.4 is 0 Å². The second kappa shape index (κ2) is 6.45. The molecule has 0 saturated carbocycles. The molecule has 20 heavy (non-hydrogen) atoms. The number of carbonyl (C=O) groups excluding carboxylic acids is 1. The Morgan fingerprint density at radius 1 is 1.25 bits per heavy atom. The molecule has 0 amide bonds. The molecule has 110 valence electrons. The van der Waals surface area contributed by atoms with Crippen LogP contribution in [-0.2, 0) is 28.6 Å². The minimum Gasteiger partial charge on any atom is -0.370 e. The summed E-state index contributed by atoms with van der Waals surface area (Å²) in [5.74, 6) is 0. The number of hydrogen-bond donors (Lipinski definition) is 0. The van der Waals surface area contributed by atoms with E-state index >= 15 is 0 Å². The van der Waals surface area contributed by atoms with Gasteiger partial charge in [-0.25, -0.2) is 0 Å². The molecule has 1 saturated heterocycles. The predicted molar refractivity (Wildman–Crippen MR) is 69.9 cm³/mol. The summed E-state index contributed by atoms with van der Waals surface area (Å²) in [5, 5.41) is 0. The van der Waals surface area contributed by atoms with Crippen LogP contribution in [0, 0.1) is 6.92 Å². The van der Waals surface area contributed by atoms with Gasteiger partial charge in [0.1, 0.15) is 12.2 Å². The van der Waals surface area contributed by atoms with E-state index in [0.29, 0.717) is 6.29 Å². The molecule has 0 N–H and O–H groups in total. The Balaban J connectivity index is 1.90. The van der Waals surface area contributed by atoms with E-state index in [9.17, 15) is 13.2 Å². The fourth-order valence-corrected chi connectivity index (χ4v) is 2.61. The summed E-state index contributed by atoms with van der Waals surface area (Å²) in [5.41, 5.74) is 0.966. The van der Waals surface area contributed by atoms with Gasteiger partial charge < -0.3 is 14.3 Å². The molecule has 0 unspecified atom stereocenters. The van der Waals surface area contributed by atoms with Crippen LogP contribution in [0.4, 0.5) is 0 Å². The van der Waals surface area contributed by atoms with Gasteiger partial charge in [-0.2, -0.15) is 8.42 Å². The first kappa shape index (κ1) is 15.1. The van der Waals surface area contributed by atoms with Gasteiger partial charge in [-0.1, -0.05) is 17.7 Å². The number of aryl methyl sites for hydroxylation is 1. The van der Waals surface area contributed by atoms with Crippen molar-refractivity contribution in [3.05, 3.63) is 29.8 Å². The number of aldehydes is 1. The molecule has 2 rings (SSSR count). The van der Waals surface area contributed by atoms with Crippen LogP contribution in [0.1, 0.15) is 5.56 Å². The average Bonchev–Trinajstić information content (AvgIpc) is 2.46. The summed E-state index contributed by atoms with van der Waals surface area (Å²) in [6.07, 6.45) is -0.425. The molecule has 1 aliphatic rings. The lowest BCUT2D eigenvalue weighted by molar-refractivity contribution is -0.152. The van der Waals surface area contributed by atoms with Gasteiger partial charge in [0.15, 0.2) is 6.29 Å². The van der Waals surface area contributed by atoms with Crippen LogP contribution in [0.3, 0.4) is 0 Å². The zero-order valence-electron chi connectivity index (χ0n) is 11.0. The van der Waals surface area contributed by atoms with Crippen LogP contribution >= 0.6 is 0 Å². The fourth-order valence-electron chi connectivity index (χ4n) is 1.67. The maximum absolute atomic E-state index is 11.9. The molecule has 0 bridgehead atoms. The molecule has 0 aromatic heterocycles. The van der Waals surface area contributed by atoms with Gasteiger partial charge in [0.05, 0.1) is 24.7 Å². The Morgan fingerprint density at radius 2 is 1.95 bits per heavy atom. The van der Waals surface area contributed by atoms with Crippen molar-refractivity contribution in [2.24, 2.45) is 0 Å². The number of rotatable bonds is 5. The van der Waals surface area contributed by atoms with Crippen molar-refractivity contribution < 1.29 is 26.9 Å². The topological polar surface area (TPSA) is 78.9 Å². The molecular formula is C13H16O6S. The number of carbonyl (C=O) groups is 1. The molecule has 0 radical (unpaired) electrons. The SMILES string of the molecule is Cc1ccc(S(=O)(=O)OC[C@@H]2CO[C@@H](C=O)CO2)cc1. The Labute approximate surface area is 117 Å². The summed E-state index contributed by atoms with van der Waals surface area (Å²) in [6.45, 7) is 1.98. The molecule has 1 aliphatic heterocycles. The average molecular weight is 300 g/mol. The zero-order chi connectivity index (χ0) is 14.6. The van der Waals surface area contributed by atoms with E-state index in [4.69, 9.17) is 13.7 Å². The quantitative estimate of drug-likeness (QED) is 0.588. The molecule has 1 aromatic carbocycles. The van der Waals surface area contributed by atoms with E-state index in [1.165, 1.54) is 12.1 Å². The number of hydrogen-bond acceptors (Lipinski definition) is 6. The third-order valence-electron chi connectivity index (χ3n) is 2.86. The Bertz CT molecular complexity index is 543. The third kappa shape index (κ3) is 3.86. The van der Waals surface area contributed by atoms with E-state index in [1.807, 2.05) is 6.92 Å². The van der Waals surface area contributed by atoms with Gasteiger partial charge in [-0.15, -0.1) is 0 Å². The highest BCUT2D eigenvalue weighted by Gasteiger charge is 2.24.